The second-order valence-corrected chi connectivity index (χ2v) is 6.32. The number of benzene rings is 4. The number of carboxylic acid groups (broad SMARTS) is 1. The van der Waals surface area contributed by atoms with Gasteiger partial charge in [-0.1, -0.05) is 54.6 Å². The zero-order valence-electron chi connectivity index (χ0n) is 13.8. The number of carbonyl (C=O) groups is 1. The summed E-state index contributed by atoms with van der Waals surface area (Å²) < 4.78 is 5.99. The monoisotopic (exact) mass is 338 g/mol. The number of hydrogen-bond donors (Lipinski definition) is 1. The Labute approximate surface area is 149 Å². The van der Waals surface area contributed by atoms with Crippen LogP contribution in [0.5, 0.6) is 0 Å². The van der Waals surface area contributed by atoms with Gasteiger partial charge in [-0.3, -0.25) is 0 Å². The van der Waals surface area contributed by atoms with Crippen molar-refractivity contribution in [2.75, 3.05) is 0 Å². The Balaban J connectivity index is 1.82. The van der Waals surface area contributed by atoms with E-state index in [1.807, 2.05) is 66.7 Å². The van der Waals surface area contributed by atoms with Gasteiger partial charge in [-0.2, -0.15) is 0 Å². The van der Waals surface area contributed by atoms with Crippen molar-refractivity contribution >= 4 is 38.7 Å². The first kappa shape index (κ1) is 14.7. The zero-order valence-corrected chi connectivity index (χ0v) is 13.8. The lowest BCUT2D eigenvalue weighted by atomic mass is 9.94. The van der Waals surface area contributed by atoms with Gasteiger partial charge in [0, 0.05) is 16.2 Å². The Morgan fingerprint density at radius 1 is 0.769 bits per heavy atom. The van der Waals surface area contributed by atoms with E-state index in [4.69, 9.17) is 4.42 Å². The minimum Gasteiger partial charge on any atom is -0.478 e. The summed E-state index contributed by atoms with van der Waals surface area (Å²) in [6.45, 7) is 0. The molecule has 1 heterocycles. The molecule has 0 radical (unpaired) electrons. The lowest BCUT2D eigenvalue weighted by molar-refractivity contribution is 0.0699. The van der Waals surface area contributed by atoms with Gasteiger partial charge >= 0.3 is 5.97 Å². The van der Waals surface area contributed by atoms with Crippen molar-refractivity contribution < 1.29 is 14.3 Å². The molecule has 0 amide bonds. The Morgan fingerprint density at radius 3 is 2.38 bits per heavy atom. The van der Waals surface area contributed by atoms with Crippen LogP contribution in [-0.2, 0) is 0 Å². The van der Waals surface area contributed by atoms with Gasteiger partial charge in [-0.25, -0.2) is 4.79 Å². The molecule has 3 heteroatoms. The second kappa shape index (κ2) is 5.46. The zero-order chi connectivity index (χ0) is 17.7. The normalized spacial score (nSPS) is 11.4. The quantitative estimate of drug-likeness (QED) is 0.423. The first-order valence-electron chi connectivity index (χ1n) is 8.39. The number of furan rings is 1. The highest BCUT2D eigenvalue weighted by molar-refractivity contribution is 6.11. The largest absolute Gasteiger partial charge is 0.478 e. The highest BCUT2D eigenvalue weighted by atomic mass is 16.4. The molecular weight excluding hydrogens is 324 g/mol. The van der Waals surface area contributed by atoms with Crippen molar-refractivity contribution in [1.29, 1.82) is 0 Å². The summed E-state index contributed by atoms with van der Waals surface area (Å²) in [4.78, 5) is 11.7. The molecular formula is C23H14O3. The van der Waals surface area contributed by atoms with E-state index in [1.165, 1.54) is 0 Å². The molecule has 4 aromatic carbocycles. The number of rotatable bonds is 2. The number of carboxylic acids is 1. The van der Waals surface area contributed by atoms with Gasteiger partial charge in [0.25, 0.3) is 0 Å². The first-order chi connectivity index (χ1) is 12.7. The van der Waals surface area contributed by atoms with Crippen LogP contribution in [0, 0.1) is 0 Å². The predicted molar refractivity (Wildman–Crippen MR) is 104 cm³/mol. The molecule has 0 spiro atoms. The SMILES string of the molecule is O=C(O)c1cccc2cccc(-c3ccc4c(c3)oc3ccccc34)c12. The molecule has 0 unspecified atom stereocenters. The van der Waals surface area contributed by atoms with Crippen LogP contribution in [0.25, 0.3) is 43.8 Å². The van der Waals surface area contributed by atoms with Gasteiger partial charge in [-0.05, 0) is 40.8 Å². The van der Waals surface area contributed by atoms with Crippen LogP contribution in [0.4, 0.5) is 0 Å². The Morgan fingerprint density at radius 2 is 1.54 bits per heavy atom. The molecule has 5 rings (SSSR count). The summed E-state index contributed by atoms with van der Waals surface area (Å²) >= 11 is 0. The van der Waals surface area contributed by atoms with E-state index in [2.05, 4.69) is 0 Å². The van der Waals surface area contributed by atoms with Crippen molar-refractivity contribution in [3.63, 3.8) is 0 Å². The number of fused-ring (bicyclic) bond motifs is 4. The summed E-state index contributed by atoms with van der Waals surface area (Å²) in [5, 5.41) is 13.4. The summed E-state index contributed by atoms with van der Waals surface area (Å²) in [7, 11) is 0. The maximum absolute atomic E-state index is 11.7. The van der Waals surface area contributed by atoms with E-state index in [-0.39, 0.29) is 0 Å². The maximum Gasteiger partial charge on any atom is 0.336 e. The second-order valence-electron chi connectivity index (χ2n) is 6.32. The minimum absolute atomic E-state index is 0.308. The van der Waals surface area contributed by atoms with Crippen LogP contribution in [-0.4, -0.2) is 11.1 Å². The molecule has 5 aromatic rings. The molecule has 1 aromatic heterocycles. The first-order valence-corrected chi connectivity index (χ1v) is 8.39. The Hall–Kier alpha value is -3.59. The third-order valence-electron chi connectivity index (χ3n) is 4.82. The molecule has 0 aliphatic carbocycles. The maximum atomic E-state index is 11.7. The van der Waals surface area contributed by atoms with Crippen molar-refractivity contribution in [3.8, 4) is 11.1 Å². The summed E-state index contributed by atoms with van der Waals surface area (Å²) in [5.74, 6) is -0.923. The highest BCUT2D eigenvalue weighted by Crippen LogP contribution is 2.35. The molecule has 0 bridgehead atoms. The molecule has 1 N–H and O–H groups in total. The van der Waals surface area contributed by atoms with Crippen LogP contribution in [0.2, 0.25) is 0 Å². The lowest BCUT2D eigenvalue weighted by Gasteiger charge is -2.10. The van der Waals surface area contributed by atoms with Gasteiger partial charge in [0.1, 0.15) is 11.2 Å². The third kappa shape index (κ3) is 2.11. The average molecular weight is 338 g/mol. The van der Waals surface area contributed by atoms with Crippen LogP contribution in [0.3, 0.4) is 0 Å². The number of para-hydroxylation sites is 1. The van der Waals surface area contributed by atoms with Crippen LogP contribution in [0.1, 0.15) is 10.4 Å². The van der Waals surface area contributed by atoms with E-state index < -0.39 is 5.97 Å². The lowest BCUT2D eigenvalue weighted by Crippen LogP contribution is -1.98. The fourth-order valence-electron chi connectivity index (χ4n) is 3.65. The molecule has 26 heavy (non-hydrogen) atoms. The average Bonchev–Trinajstić information content (AvgIpc) is 3.04. The van der Waals surface area contributed by atoms with E-state index in [1.54, 1.807) is 12.1 Å². The summed E-state index contributed by atoms with van der Waals surface area (Å²) in [5.41, 5.74) is 3.79. The molecule has 0 saturated heterocycles. The molecule has 0 fully saturated rings. The van der Waals surface area contributed by atoms with Gasteiger partial charge in [-0.15, -0.1) is 0 Å². The predicted octanol–water partition coefficient (Wildman–Crippen LogP) is 6.10. The van der Waals surface area contributed by atoms with Gasteiger partial charge < -0.3 is 9.52 Å². The molecule has 3 nitrogen and oxygen atoms in total. The van der Waals surface area contributed by atoms with Crippen molar-refractivity contribution in [2.45, 2.75) is 0 Å². The van der Waals surface area contributed by atoms with Gasteiger partial charge in [0.15, 0.2) is 0 Å². The van der Waals surface area contributed by atoms with Crippen molar-refractivity contribution in [3.05, 3.63) is 84.4 Å². The highest BCUT2D eigenvalue weighted by Gasteiger charge is 2.14. The van der Waals surface area contributed by atoms with Crippen LogP contribution >= 0.6 is 0 Å². The van der Waals surface area contributed by atoms with E-state index in [0.29, 0.717) is 5.56 Å². The Bertz CT molecular complexity index is 1310. The standard InChI is InChI=1S/C23H14O3/c24-23(25)19-9-4-6-14-5-3-8-16(22(14)19)15-11-12-18-17-7-1-2-10-20(17)26-21(18)13-15/h1-13H,(H,24,25). The van der Waals surface area contributed by atoms with Gasteiger partial charge in [0.05, 0.1) is 5.56 Å². The molecule has 0 saturated carbocycles. The number of hydrogen-bond acceptors (Lipinski definition) is 2. The summed E-state index contributed by atoms with van der Waals surface area (Å²) in [6, 6.07) is 25.2. The van der Waals surface area contributed by atoms with Crippen LogP contribution < -0.4 is 0 Å². The van der Waals surface area contributed by atoms with Gasteiger partial charge in [0.2, 0.25) is 0 Å². The van der Waals surface area contributed by atoms with E-state index >= 15 is 0 Å². The van der Waals surface area contributed by atoms with Crippen molar-refractivity contribution in [2.24, 2.45) is 0 Å². The van der Waals surface area contributed by atoms with E-state index in [0.717, 1.165) is 43.8 Å². The molecule has 124 valence electrons. The van der Waals surface area contributed by atoms with Crippen LogP contribution in [0.15, 0.2) is 83.3 Å². The topological polar surface area (TPSA) is 50.4 Å². The number of aromatic carboxylic acids is 1. The Kier molecular flexibility index (Phi) is 3.09. The fraction of sp³-hybridized carbons (Fsp3) is 0. The fourth-order valence-corrected chi connectivity index (χ4v) is 3.65. The molecule has 0 aliphatic heterocycles. The minimum atomic E-state index is -0.923. The molecule has 0 atom stereocenters. The third-order valence-corrected chi connectivity index (χ3v) is 4.82. The van der Waals surface area contributed by atoms with E-state index in [9.17, 15) is 9.90 Å². The molecule has 0 aliphatic rings. The smallest absolute Gasteiger partial charge is 0.336 e. The van der Waals surface area contributed by atoms with Crippen molar-refractivity contribution in [1.82, 2.24) is 0 Å². The summed E-state index contributed by atoms with van der Waals surface area (Å²) in [6.07, 6.45) is 0.